The summed E-state index contributed by atoms with van der Waals surface area (Å²) in [5.74, 6) is 3.41. The summed E-state index contributed by atoms with van der Waals surface area (Å²) in [6, 6.07) is 29.3. The molecule has 0 aliphatic carbocycles. The average molecular weight is 973 g/mol. The van der Waals surface area contributed by atoms with Gasteiger partial charge < -0.3 is 25.4 Å². The van der Waals surface area contributed by atoms with Crippen molar-refractivity contribution in [2.75, 3.05) is 30.4 Å². The maximum atomic E-state index is 12.8. The first-order chi connectivity index (χ1) is 31.3. The summed E-state index contributed by atoms with van der Waals surface area (Å²) in [4.78, 5) is 36.8. The molecule has 3 N–H and O–H groups in total. The molecule has 0 aliphatic rings. The van der Waals surface area contributed by atoms with E-state index in [1.807, 2.05) is 79.2 Å². The topological polar surface area (TPSA) is 141 Å². The summed E-state index contributed by atoms with van der Waals surface area (Å²) in [5.41, 5.74) is 6.43. The lowest BCUT2D eigenvalue weighted by Gasteiger charge is -2.16. The largest absolute Gasteiger partial charge is 0.493 e. The highest BCUT2D eigenvalue weighted by Gasteiger charge is 2.16. The second-order valence-electron chi connectivity index (χ2n) is 17.8. The van der Waals surface area contributed by atoms with Crippen LogP contribution in [0.5, 0.6) is 11.5 Å². The minimum absolute atomic E-state index is 0. The molecule has 358 valence electrons. The molecule has 2 heterocycles. The number of nitrogens with zero attached hydrogens (tertiary/aromatic N) is 4. The van der Waals surface area contributed by atoms with Crippen LogP contribution >= 0.6 is 35.6 Å². The normalized spacial score (nSPS) is 11.4. The minimum atomic E-state index is -0.288. The van der Waals surface area contributed by atoms with Gasteiger partial charge in [-0.2, -0.15) is 10.2 Å². The number of ether oxygens (including phenoxy) is 2. The lowest BCUT2D eigenvalue weighted by molar-refractivity contribution is 0.100. The molecular weight excluding hydrogens is 909 g/mol. The van der Waals surface area contributed by atoms with Crippen LogP contribution in [0, 0.1) is 31.6 Å². The van der Waals surface area contributed by atoms with Gasteiger partial charge in [0.15, 0.2) is 17.4 Å². The summed E-state index contributed by atoms with van der Waals surface area (Å²) < 4.78 is 15.5. The highest BCUT2D eigenvalue weighted by Crippen LogP contribution is 2.27. The van der Waals surface area contributed by atoms with Crippen LogP contribution in [0.25, 0.3) is 0 Å². The van der Waals surface area contributed by atoms with Crippen LogP contribution in [0.15, 0.2) is 97.1 Å². The van der Waals surface area contributed by atoms with Gasteiger partial charge >= 0.3 is 0 Å². The van der Waals surface area contributed by atoms with Gasteiger partial charge in [-0.05, 0) is 118 Å². The van der Waals surface area contributed by atoms with Crippen LogP contribution in [0.2, 0.25) is 10.0 Å². The third kappa shape index (κ3) is 16.6. The number of hydrogen-bond acceptors (Lipinski definition) is 8. The Kier molecular flexibility index (Phi) is 20.5. The van der Waals surface area contributed by atoms with E-state index < -0.39 is 0 Å². The molecule has 0 saturated heterocycles. The van der Waals surface area contributed by atoms with Crippen molar-refractivity contribution in [1.82, 2.24) is 24.9 Å². The quantitative estimate of drug-likeness (QED) is 0.0682. The lowest BCUT2D eigenvalue weighted by atomic mass is 10.1. The number of benzene rings is 4. The molecule has 4 aromatic carbocycles. The van der Waals surface area contributed by atoms with E-state index in [0.717, 1.165) is 46.1 Å². The molecule has 0 aliphatic heterocycles. The van der Waals surface area contributed by atoms with Gasteiger partial charge in [-0.15, -0.1) is 12.4 Å². The summed E-state index contributed by atoms with van der Waals surface area (Å²) in [5, 5.41) is 19.6. The van der Waals surface area contributed by atoms with E-state index in [1.165, 1.54) is 6.92 Å². The smallest absolute Gasteiger partial charge is 0.256 e. The number of anilines is 2. The number of halogens is 3. The molecule has 0 radical (unpaired) electrons. The van der Waals surface area contributed by atoms with Crippen LogP contribution in [-0.2, 0) is 13.1 Å². The van der Waals surface area contributed by atoms with Gasteiger partial charge in [0.05, 0.1) is 26.3 Å². The maximum Gasteiger partial charge on any atom is 0.256 e. The van der Waals surface area contributed by atoms with Crippen molar-refractivity contribution in [2.45, 2.75) is 88.4 Å². The molecule has 0 bridgehead atoms. The predicted molar refractivity (Wildman–Crippen MR) is 273 cm³/mol. The third-order valence-corrected chi connectivity index (χ3v) is 10.8. The van der Waals surface area contributed by atoms with E-state index >= 15 is 0 Å². The fraction of sp³-hybridized carbons (Fsp3) is 0.365. The number of carbonyl (C=O) groups excluding carboxylic acids is 3. The van der Waals surface area contributed by atoms with Crippen LogP contribution < -0.4 is 25.4 Å². The number of nitrogens with one attached hydrogen (secondary N) is 3. The zero-order chi connectivity index (χ0) is 48.1. The summed E-state index contributed by atoms with van der Waals surface area (Å²) in [6.07, 6.45) is 0. The van der Waals surface area contributed by atoms with Crippen molar-refractivity contribution < 1.29 is 23.9 Å². The van der Waals surface area contributed by atoms with Crippen molar-refractivity contribution in [3.63, 3.8) is 0 Å². The van der Waals surface area contributed by atoms with Crippen LogP contribution in [0.4, 0.5) is 11.6 Å². The first-order valence-corrected chi connectivity index (χ1v) is 23.1. The molecule has 6 aromatic rings. The van der Waals surface area contributed by atoms with E-state index in [-0.39, 0.29) is 36.0 Å². The van der Waals surface area contributed by atoms with E-state index in [9.17, 15) is 14.4 Å². The zero-order valence-corrected chi connectivity index (χ0v) is 42.4. The van der Waals surface area contributed by atoms with Crippen LogP contribution in [0.3, 0.4) is 0 Å². The zero-order valence-electron chi connectivity index (χ0n) is 40.1. The van der Waals surface area contributed by atoms with E-state index in [1.54, 1.807) is 41.1 Å². The molecule has 15 heteroatoms. The monoisotopic (exact) mass is 971 g/mol. The number of hydrogen-bond donors (Lipinski definition) is 3. The third-order valence-electron chi connectivity index (χ3n) is 10.3. The fourth-order valence-electron chi connectivity index (χ4n) is 6.61. The molecule has 1 atom stereocenters. The Hall–Kier alpha value is -5.66. The Bertz CT molecular complexity index is 2570. The summed E-state index contributed by atoms with van der Waals surface area (Å²) in [6.45, 7) is 23.4. The van der Waals surface area contributed by atoms with Crippen molar-refractivity contribution in [2.24, 2.45) is 17.8 Å². The van der Waals surface area contributed by atoms with Crippen molar-refractivity contribution in [1.29, 1.82) is 0 Å². The Morgan fingerprint density at radius 1 is 0.582 bits per heavy atom. The number of carbonyl (C=O) groups is 3. The number of aryl methyl sites for hydroxylation is 2. The first-order valence-electron chi connectivity index (χ1n) is 22.3. The van der Waals surface area contributed by atoms with E-state index in [0.29, 0.717) is 82.4 Å². The van der Waals surface area contributed by atoms with Gasteiger partial charge in [0.25, 0.3) is 11.8 Å². The molecule has 0 spiro atoms. The second-order valence-corrected chi connectivity index (χ2v) is 18.6. The van der Waals surface area contributed by atoms with Gasteiger partial charge in [0, 0.05) is 67.4 Å². The lowest BCUT2D eigenvalue weighted by Crippen LogP contribution is -2.23. The predicted octanol–water partition coefficient (Wildman–Crippen LogP) is 12.3. The van der Waals surface area contributed by atoms with Crippen LogP contribution in [0.1, 0.15) is 121 Å². The van der Waals surface area contributed by atoms with Gasteiger partial charge in [-0.1, -0.05) is 89.0 Å². The summed E-state index contributed by atoms with van der Waals surface area (Å²) in [7, 11) is 0. The van der Waals surface area contributed by atoms with Gasteiger partial charge in [-0.25, -0.2) is 0 Å². The summed E-state index contributed by atoms with van der Waals surface area (Å²) >= 11 is 12.4. The van der Waals surface area contributed by atoms with E-state index in [2.05, 4.69) is 74.6 Å². The number of Topliss-reactive ketones (excluding diaryl/α,β-unsaturated/α-hetero) is 1. The molecule has 1 unspecified atom stereocenters. The molecule has 2 aromatic heterocycles. The number of rotatable bonds is 19. The van der Waals surface area contributed by atoms with Gasteiger partial charge in [0.1, 0.15) is 11.5 Å². The van der Waals surface area contributed by atoms with Gasteiger partial charge in [-0.3, -0.25) is 23.7 Å². The second kappa shape index (κ2) is 25.5. The average Bonchev–Trinajstić information content (AvgIpc) is 3.80. The van der Waals surface area contributed by atoms with Crippen molar-refractivity contribution >= 4 is 64.8 Å². The molecule has 12 nitrogen and oxygen atoms in total. The highest BCUT2D eigenvalue weighted by molar-refractivity contribution is 6.31. The maximum absolute atomic E-state index is 12.8. The Morgan fingerprint density at radius 2 is 0.985 bits per heavy atom. The number of ketones is 1. The SMILES string of the molecule is CC(=O)c1ccc(C(=O)Nc2cc(C)n(Cc3cc(Cl)ccc3OCC(C)C)n2)cc1.Cc1cc(NC(=O)c2ccc(C(C)NCC(C)C)cc2)nn1Cc1cc(Cl)ccc1OCC(C)C.Cl. The van der Waals surface area contributed by atoms with Crippen molar-refractivity contribution in [3.8, 4) is 11.5 Å². The first kappa shape index (κ1) is 54.0. The number of aromatic nitrogens is 4. The van der Waals surface area contributed by atoms with Crippen molar-refractivity contribution in [3.05, 3.63) is 152 Å². The van der Waals surface area contributed by atoms with Crippen LogP contribution in [-0.4, -0.2) is 56.9 Å². The number of amides is 2. The molecule has 0 saturated carbocycles. The van der Waals surface area contributed by atoms with E-state index in [4.69, 9.17) is 32.7 Å². The fourth-order valence-corrected chi connectivity index (χ4v) is 7.00. The molecule has 2 amide bonds. The molecule has 6 rings (SSSR count). The molecule has 0 fully saturated rings. The Morgan fingerprint density at radius 3 is 1.37 bits per heavy atom. The standard InChI is InChI=1S/C28H37ClN4O2.C24H26ClN3O3.ClH/c1-18(2)15-30-21(6)22-7-9-23(10-8-22)28(34)31-27-13-20(5)33(32-27)16-24-14-25(29)11-12-26(24)35-17-19(3)4;1-15(2)14-31-22-10-9-21(25)12-20(22)13-28-16(3)11-23(27-28)26-24(30)19-7-5-18(6-8-19)17(4)29;/h7-14,18-19,21,30H,15-17H2,1-6H3,(H,31,32,34);5-12,15H,13-14H2,1-4H3,(H,26,27,30);1H. The van der Waals surface area contributed by atoms with Gasteiger partial charge in [0.2, 0.25) is 0 Å². The highest BCUT2D eigenvalue weighted by atomic mass is 35.5. The molecule has 67 heavy (non-hydrogen) atoms. The Balaban J connectivity index is 0.000000290. The minimum Gasteiger partial charge on any atom is -0.493 e. The Labute approximate surface area is 411 Å². The molecular formula is C52H64Cl3N7O5.